The third-order valence-corrected chi connectivity index (χ3v) is 3.22. The predicted octanol–water partition coefficient (Wildman–Crippen LogP) is 4.78. The molecule has 0 atom stereocenters. The highest BCUT2D eigenvalue weighted by Crippen LogP contribution is 2.33. The number of aldehydes is 1. The lowest BCUT2D eigenvalue weighted by Crippen LogP contribution is -2.27. The maximum atomic E-state index is 12.3. The van der Waals surface area contributed by atoms with Crippen molar-refractivity contribution in [3.05, 3.63) is 0 Å². The van der Waals surface area contributed by atoms with Gasteiger partial charge in [-0.25, -0.2) is 0 Å². The molecule has 0 aromatic heterocycles. The van der Waals surface area contributed by atoms with E-state index in [1.54, 1.807) is 0 Å². The van der Waals surface area contributed by atoms with E-state index < -0.39 is 6.26 Å². The van der Waals surface area contributed by atoms with Crippen LogP contribution < -0.4 is 0 Å². The Morgan fingerprint density at radius 1 is 1.05 bits per heavy atom. The Morgan fingerprint density at radius 2 is 1.57 bits per heavy atom. The molecule has 21 heavy (non-hydrogen) atoms. The van der Waals surface area contributed by atoms with Gasteiger partial charge in [0.25, 0.3) is 0 Å². The van der Waals surface area contributed by atoms with Gasteiger partial charge in [0.2, 0.25) is 0 Å². The standard InChI is InChI=1S/C18H34O3/c1-17(2,3)13-15(14-18(4,5)6)16(20)21-12-10-8-7-9-11-19/h11,15H,7-10,12-14H2,1-6H3/i11D. The molecule has 0 saturated heterocycles. The minimum Gasteiger partial charge on any atom is -0.465 e. The third kappa shape index (κ3) is 12.6. The average Bonchev–Trinajstić information content (AvgIpc) is 2.28. The Hall–Kier alpha value is -0.860. The molecule has 0 unspecified atom stereocenters. The Balaban J connectivity index is 4.25. The lowest BCUT2D eigenvalue weighted by molar-refractivity contribution is -0.151. The monoisotopic (exact) mass is 299 g/mol. The molecule has 0 bridgehead atoms. The van der Waals surface area contributed by atoms with E-state index in [1.807, 2.05) is 0 Å². The maximum absolute atomic E-state index is 12.3. The maximum Gasteiger partial charge on any atom is 0.308 e. The Morgan fingerprint density at radius 3 is 2.00 bits per heavy atom. The summed E-state index contributed by atoms with van der Waals surface area (Å²) >= 11 is 0. The van der Waals surface area contributed by atoms with Crippen molar-refractivity contribution in [2.24, 2.45) is 16.7 Å². The summed E-state index contributed by atoms with van der Waals surface area (Å²) in [6.07, 6.45) is 3.72. The fraction of sp³-hybridized carbons (Fsp3) is 0.889. The second-order valence-corrected chi connectivity index (χ2v) is 8.35. The van der Waals surface area contributed by atoms with Crippen LogP contribution in [0.4, 0.5) is 0 Å². The average molecular weight is 299 g/mol. The molecule has 0 aliphatic heterocycles. The molecule has 0 aromatic carbocycles. The van der Waals surface area contributed by atoms with Crippen LogP contribution >= 0.6 is 0 Å². The number of carbonyl (C=O) groups is 2. The van der Waals surface area contributed by atoms with Crippen molar-refractivity contribution >= 4 is 12.2 Å². The van der Waals surface area contributed by atoms with E-state index >= 15 is 0 Å². The molecule has 0 aliphatic rings. The number of hydrogen-bond donors (Lipinski definition) is 0. The lowest BCUT2D eigenvalue weighted by Gasteiger charge is -2.29. The van der Waals surface area contributed by atoms with Gasteiger partial charge >= 0.3 is 5.97 Å². The molecule has 0 heterocycles. The Bertz CT molecular complexity index is 334. The van der Waals surface area contributed by atoms with Crippen LogP contribution in [0.15, 0.2) is 0 Å². The zero-order chi connectivity index (χ0) is 17.4. The molecule has 0 amide bonds. The van der Waals surface area contributed by atoms with Crippen LogP contribution in [0.2, 0.25) is 0 Å². The Labute approximate surface area is 132 Å². The minimum atomic E-state index is -0.521. The number of hydrogen-bond acceptors (Lipinski definition) is 3. The molecule has 0 aliphatic carbocycles. The van der Waals surface area contributed by atoms with Crippen LogP contribution in [0.1, 0.15) is 81.4 Å². The zero-order valence-electron chi connectivity index (χ0n) is 15.8. The molecule has 0 radical (unpaired) electrons. The van der Waals surface area contributed by atoms with E-state index in [9.17, 15) is 9.59 Å². The van der Waals surface area contributed by atoms with Crippen LogP contribution in [0.3, 0.4) is 0 Å². The van der Waals surface area contributed by atoms with Crippen LogP contribution in [0.5, 0.6) is 0 Å². The molecule has 0 saturated carbocycles. The van der Waals surface area contributed by atoms with E-state index in [-0.39, 0.29) is 22.7 Å². The van der Waals surface area contributed by atoms with Gasteiger partial charge < -0.3 is 9.53 Å². The van der Waals surface area contributed by atoms with Crippen molar-refractivity contribution in [1.29, 1.82) is 0 Å². The summed E-state index contributed by atoms with van der Waals surface area (Å²) in [7, 11) is 0. The van der Waals surface area contributed by atoms with Gasteiger partial charge in [-0.1, -0.05) is 41.5 Å². The van der Waals surface area contributed by atoms with Crippen molar-refractivity contribution in [1.82, 2.24) is 0 Å². The van der Waals surface area contributed by atoms with Gasteiger partial charge in [-0.2, -0.15) is 0 Å². The van der Waals surface area contributed by atoms with Crippen LogP contribution in [-0.2, 0) is 14.3 Å². The second kappa shape index (κ2) is 9.22. The summed E-state index contributed by atoms with van der Waals surface area (Å²) in [4.78, 5) is 22.9. The van der Waals surface area contributed by atoms with Gasteiger partial charge in [-0.3, -0.25) is 4.79 Å². The summed E-state index contributed by atoms with van der Waals surface area (Å²) in [5.74, 6) is -0.156. The Kier molecular flexibility index (Phi) is 7.98. The SMILES string of the molecule is [2H]C(=O)CCCCCOC(=O)C(CC(C)(C)C)CC(C)(C)C. The van der Waals surface area contributed by atoms with Gasteiger partial charge in [0, 0.05) is 6.42 Å². The summed E-state index contributed by atoms with van der Waals surface area (Å²) < 4.78 is 12.3. The fourth-order valence-electron chi connectivity index (χ4n) is 2.48. The van der Waals surface area contributed by atoms with Gasteiger partial charge in [-0.15, -0.1) is 0 Å². The number of ether oxygens (including phenoxy) is 1. The topological polar surface area (TPSA) is 43.4 Å². The highest BCUT2D eigenvalue weighted by Gasteiger charge is 2.30. The van der Waals surface area contributed by atoms with E-state index in [0.717, 1.165) is 25.7 Å². The van der Waals surface area contributed by atoms with Crippen molar-refractivity contribution < 1.29 is 15.7 Å². The molecular formula is C18H34O3. The molecule has 0 spiro atoms. The van der Waals surface area contributed by atoms with Gasteiger partial charge in [0.1, 0.15) is 7.63 Å². The zero-order valence-corrected chi connectivity index (χ0v) is 14.8. The number of esters is 1. The van der Waals surface area contributed by atoms with Crippen molar-refractivity contribution in [3.8, 4) is 0 Å². The van der Waals surface area contributed by atoms with Crippen molar-refractivity contribution in [3.63, 3.8) is 0 Å². The summed E-state index contributed by atoms with van der Waals surface area (Å²) in [6, 6.07) is 0. The van der Waals surface area contributed by atoms with Gasteiger partial charge in [0.05, 0.1) is 12.5 Å². The third-order valence-electron chi connectivity index (χ3n) is 3.22. The molecule has 3 heteroatoms. The normalized spacial score (nSPS) is 13.2. The first-order chi connectivity index (χ1) is 9.91. The molecule has 0 N–H and O–H groups in total. The first-order valence-corrected chi connectivity index (χ1v) is 8.07. The largest absolute Gasteiger partial charge is 0.465 e. The van der Waals surface area contributed by atoms with E-state index in [1.165, 1.54) is 0 Å². The summed E-state index contributed by atoms with van der Waals surface area (Å²) in [6.45, 7) is 13.3. The van der Waals surface area contributed by atoms with Crippen molar-refractivity contribution in [2.75, 3.05) is 6.61 Å². The first-order valence-electron chi connectivity index (χ1n) is 8.57. The quantitative estimate of drug-likeness (QED) is 0.350. The van der Waals surface area contributed by atoms with E-state index in [0.29, 0.717) is 19.4 Å². The van der Waals surface area contributed by atoms with Gasteiger partial charge in [0.15, 0.2) is 0 Å². The van der Waals surface area contributed by atoms with Crippen molar-refractivity contribution in [2.45, 2.75) is 80.1 Å². The summed E-state index contributed by atoms with van der Waals surface area (Å²) in [5.41, 5.74) is 0.201. The number of unbranched alkanes of at least 4 members (excludes halogenated alkanes) is 2. The molecule has 3 nitrogen and oxygen atoms in total. The van der Waals surface area contributed by atoms with E-state index in [4.69, 9.17) is 6.11 Å². The lowest BCUT2D eigenvalue weighted by atomic mass is 9.77. The van der Waals surface area contributed by atoms with Gasteiger partial charge in [-0.05, 0) is 42.9 Å². The van der Waals surface area contributed by atoms with Crippen LogP contribution in [0.25, 0.3) is 0 Å². The highest BCUT2D eigenvalue weighted by molar-refractivity contribution is 5.72. The highest BCUT2D eigenvalue weighted by atomic mass is 16.5. The fourth-order valence-corrected chi connectivity index (χ4v) is 2.48. The number of carbonyl (C=O) groups excluding carboxylic acids is 2. The first kappa shape index (κ1) is 18.2. The van der Waals surface area contributed by atoms with Crippen LogP contribution in [0, 0.1) is 16.7 Å². The molecule has 124 valence electrons. The van der Waals surface area contributed by atoms with Crippen LogP contribution in [-0.4, -0.2) is 18.8 Å². The predicted molar refractivity (Wildman–Crippen MR) is 87.1 cm³/mol. The second-order valence-electron chi connectivity index (χ2n) is 8.35. The smallest absolute Gasteiger partial charge is 0.308 e. The number of rotatable bonds is 9. The summed E-state index contributed by atoms with van der Waals surface area (Å²) in [5, 5.41) is 0. The molecular weight excluding hydrogens is 264 g/mol. The van der Waals surface area contributed by atoms with E-state index in [2.05, 4.69) is 41.5 Å². The molecule has 0 rings (SSSR count). The minimum absolute atomic E-state index is 0.0604. The molecule has 0 fully saturated rings. The molecule has 0 aromatic rings.